The van der Waals surface area contributed by atoms with Crippen LogP contribution in [0.15, 0.2) is 45.3 Å². The summed E-state index contributed by atoms with van der Waals surface area (Å²) in [6.45, 7) is 2.92. The second kappa shape index (κ2) is 8.14. The molecule has 0 spiro atoms. The van der Waals surface area contributed by atoms with E-state index >= 15 is 0 Å². The Kier molecular flexibility index (Phi) is 5.68. The molecule has 0 aliphatic rings. The molecule has 1 amide bonds. The molecule has 0 aliphatic heterocycles. The van der Waals surface area contributed by atoms with Crippen LogP contribution in [-0.2, 0) is 13.1 Å². The maximum Gasteiger partial charge on any atom is 0.328 e. The predicted octanol–water partition coefficient (Wildman–Crippen LogP) is 2.87. The average molecular weight is 371 g/mol. The number of fused-ring (bicyclic) bond motifs is 1. The Morgan fingerprint density at radius 2 is 2.08 bits per heavy atom. The first-order valence-electron chi connectivity index (χ1n) is 8.67. The van der Waals surface area contributed by atoms with Crippen LogP contribution in [0.3, 0.4) is 0 Å². The SMILES string of the molecule is CCCCCn1c(=O)[nH]c2cc(C(=O)NCc3cccs3)ccc2c1=O. The van der Waals surface area contributed by atoms with Gasteiger partial charge in [0.05, 0.1) is 17.4 Å². The van der Waals surface area contributed by atoms with Crippen molar-refractivity contribution in [1.82, 2.24) is 14.9 Å². The minimum absolute atomic E-state index is 0.242. The maximum atomic E-state index is 12.5. The Morgan fingerprint density at radius 3 is 2.81 bits per heavy atom. The number of carbonyl (C=O) groups is 1. The van der Waals surface area contributed by atoms with Crippen molar-refractivity contribution in [3.05, 3.63) is 67.0 Å². The highest BCUT2D eigenvalue weighted by molar-refractivity contribution is 7.09. The number of thiophene rings is 1. The number of benzene rings is 1. The van der Waals surface area contributed by atoms with Gasteiger partial charge in [-0.3, -0.25) is 14.2 Å². The van der Waals surface area contributed by atoms with Crippen molar-refractivity contribution >= 4 is 28.1 Å². The topological polar surface area (TPSA) is 84.0 Å². The molecule has 136 valence electrons. The number of hydrogen-bond donors (Lipinski definition) is 2. The first-order valence-corrected chi connectivity index (χ1v) is 9.55. The molecule has 0 saturated carbocycles. The van der Waals surface area contributed by atoms with Crippen LogP contribution in [0.25, 0.3) is 10.9 Å². The molecular formula is C19H21N3O3S. The van der Waals surface area contributed by atoms with Crippen LogP contribution >= 0.6 is 11.3 Å². The zero-order chi connectivity index (χ0) is 18.5. The molecule has 0 bridgehead atoms. The van der Waals surface area contributed by atoms with E-state index in [1.807, 2.05) is 17.5 Å². The van der Waals surface area contributed by atoms with Gasteiger partial charge in [0.15, 0.2) is 0 Å². The number of aromatic nitrogens is 2. The second-order valence-corrected chi connectivity index (χ2v) is 7.15. The fraction of sp³-hybridized carbons (Fsp3) is 0.316. The molecule has 3 aromatic rings. The van der Waals surface area contributed by atoms with Crippen LogP contribution in [0.1, 0.15) is 41.4 Å². The quantitative estimate of drug-likeness (QED) is 0.627. The van der Waals surface area contributed by atoms with Crippen molar-refractivity contribution < 1.29 is 4.79 Å². The normalized spacial score (nSPS) is 11.0. The maximum absolute atomic E-state index is 12.5. The van der Waals surface area contributed by atoms with Gasteiger partial charge in [-0.25, -0.2) is 4.79 Å². The standard InChI is InChI=1S/C19H21N3O3S/c1-2-3-4-9-22-18(24)15-8-7-13(11-16(15)21-19(22)25)17(23)20-12-14-6-5-10-26-14/h5-8,10-11H,2-4,9,12H2,1H3,(H,20,23)(H,21,25). The highest BCUT2D eigenvalue weighted by Crippen LogP contribution is 2.11. The van der Waals surface area contributed by atoms with Gasteiger partial charge in [0.1, 0.15) is 0 Å². The summed E-state index contributed by atoms with van der Waals surface area (Å²) in [6, 6.07) is 8.65. The Bertz CT molecular complexity index is 1020. The van der Waals surface area contributed by atoms with Crippen LogP contribution in [-0.4, -0.2) is 15.5 Å². The molecule has 0 aliphatic carbocycles. The third kappa shape index (κ3) is 3.94. The molecule has 2 N–H and O–H groups in total. The van der Waals surface area contributed by atoms with Crippen molar-refractivity contribution in [1.29, 1.82) is 0 Å². The first-order chi connectivity index (χ1) is 12.6. The largest absolute Gasteiger partial charge is 0.347 e. The third-order valence-corrected chi connectivity index (χ3v) is 5.11. The van der Waals surface area contributed by atoms with Gasteiger partial charge in [0.25, 0.3) is 11.5 Å². The van der Waals surface area contributed by atoms with Crippen molar-refractivity contribution in [3.8, 4) is 0 Å². The van der Waals surface area contributed by atoms with Crippen molar-refractivity contribution in [2.24, 2.45) is 0 Å². The molecule has 26 heavy (non-hydrogen) atoms. The molecule has 7 heteroatoms. The second-order valence-electron chi connectivity index (χ2n) is 6.12. The number of aromatic amines is 1. The highest BCUT2D eigenvalue weighted by atomic mass is 32.1. The molecule has 0 saturated heterocycles. The Hall–Kier alpha value is -2.67. The molecule has 1 aromatic carbocycles. The molecule has 6 nitrogen and oxygen atoms in total. The van der Waals surface area contributed by atoms with Gasteiger partial charge in [0, 0.05) is 17.0 Å². The summed E-state index contributed by atoms with van der Waals surface area (Å²) in [4.78, 5) is 40.9. The summed E-state index contributed by atoms with van der Waals surface area (Å²) in [5, 5.41) is 5.20. The molecule has 0 fully saturated rings. The number of H-pyrrole nitrogens is 1. The van der Waals surface area contributed by atoms with Crippen LogP contribution in [0.2, 0.25) is 0 Å². The van der Waals surface area contributed by atoms with E-state index < -0.39 is 5.69 Å². The Morgan fingerprint density at radius 1 is 1.23 bits per heavy atom. The molecule has 2 heterocycles. The van der Waals surface area contributed by atoms with E-state index in [4.69, 9.17) is 0 Å². The number of rotatable bonds is 7. The Labute approximate surface area is 154 Å². The molecule has 0 unspecified atom stereocenters. The molecule has 2 aromatic heterocycles. The van der Waals surface area contributed by atoms with Gasteiger partial charge < -0.3 is 10.3 Å². The van der Waals surface area contributed by atoms with E-state index in [2.05, 4.69) is 17.2 Å². The highest BCUT2D eigenvalue weighted by Gasteiger charge is 2.11. The number of nitrogens with one attached hydrogen (secondary N) is 2. The van der Waals surface area contributed by atoms with Gasteiger partial charge in [0.2, 0.25) is 0 Å². The number of unbranched alkanes of at least 4 members (excludes halogenated alkanes) is 2. The lowest BCUT2D eigenvalue weighted by Gasteiger charge is -2.08. The summed E-state index contributed by atoms with van der Waals surface area (Å²) in [5.74, 6) is -0.242. The summed E-state index contributed by atoms with van der Waals surface area (Å²) >= 11 is 1.57. The van der Waals surface area contributed by atoms with Gasteiger partial charge in [-0.1, -0.05) is 25.8 Å². The summed E-state index contributed by atoms with van der Waals surface area (Å²) < 4.78 is 1.23. The van der Waals surface area contributed by atoms with Gasteiger partial charge in [-0.05, 0) is 36.1 Å². The molecular weight excluding hydrogens is 350 g/mol. The zero-order valence-corrected chi connectivity index (χ0v) is 15.4. The lowest BCUT2D eigenvalue weighted by Crippen LogP contribution is -2.35. The minimum atomic E-state index is -0.435. The van der Waals surface area contributed by atoms with E-state index in [1.165, 1.54) is 4.57 Å². The Balaban J connectivity index is 1.84. The fourth-order valence-electron chi connectivity index (χ4n) is 2.80. The fourth-order valence-corrected chi connectivity index (χ4v) is 3.45. The lowest BCUT2D eigenvalue weighted by molar-refractivity contribution is 0.0951. The minimum Gasteiger partial charge on any atom is -0.347 e. The van der Waals surface area contributed by atoms with E-state index in [9.17, 15) is 14.4 Å². The number of amides is 1. The van der Waals surface area contributed by atoms with Crippen LogP contribution < -0.4 is 16.6 Å². The molecule has 0 atom stereocenters. The number of nitrogens with zero attached hydrogens (tertiary/aromatic N) is 1. The first kappa shape index (κ1) is 18.1. The average Bonchev–Trinajstić information content (AvgIpc) is 3.15. The zero-order valence-electron chi connectivity index (χ0n) is 14.6. The van der Waals surface area contributed by atoms with E-state index in [1.54, 1.807) is 29.5 Å². The third-order valence-electron chi connectivity index (χ3n) is 4.23. The monoisotopic (exact) mass is 371 g/mol. The number of hydrogen-bond acceptors (Lipinski definition) is 4. The summed E-state index contributed by atoms with van der Waals surface area (Å²) in [5.41, 5.74) is 0.0449. The lowest BCUT2D eigenvalue weighted by atomic mass is 10.1. The van der Waals surface area contributed by atoms with Crippen LogP contribution in [0.4, 0.5) is 0 Å². The summed E-state index contributed by atoms with van der Waals surface area (Å²) in [6.07, 6.45) is 2.77. The van der Waals surface area contributed by atoms with Gasteiger partial charge in [-0.15, -0.1) is 11.3 Å². The van der Waals surface area contributed by atoms with E-state index in [0.717, 1.165) is 24.1 Å². The van der Waals surface area contributed by atoms with Crippen molar-refractivity contribution in [3.63, 3.8) is 0 Å². The summed E-state index contributed by atoms with van der Waals surface area (Å²) in [7, 11) is 0. The van der Waals surface area contributed by atoms with Gasteiger partial charge >= 0.3 is 5.69 Å². The van der Waals surface area contributed by atoms with Crippen LogP contribution in [0, 0.1) is 0 Å². The van der Waals surface area contributed by atoms with Gasteiger partial charge in [-0.2, -0.15) is 0 Å². The number of carbonyl (C=O) groups excluding carboxylic acids is 1. The molecule has 0 radical (unpaired) electrons. The van der Waals surface area contributed by atoms with Crippen molar-refractivity contribution in [2.75, 3.05) is 0 Å². The molecule has 3 rings (SSSR count). The van der Waals surface area contributed by atoms with Crippen LogP contribution in [0.5, 0.6) is 0 Å². The van der Waals surface area contributed by atoms with Crippen molar-refractivity contribution in [2.45, 2.75) is 39.3 Å². The van der Waals surface area contributed by atoms with E-state index in [0.29, 0.717) is 29.6 Å². The smallest absolute Gasteiger partial charge is 0.328 e. The predicted molar refractivity (Wildman–Crippen MR) is 104 cm³/mol. The van der Waals surface area contributed by atoms with E-state index in [-0.39, 0.29) is 11.5 Å².